The van der Waals surface area contributed by atoms with Crippen LogP contribution in [0.5, 0.6) is 5.75 Å². The number of sulfonamides is 1. The molecule has 2 aromatic rings. The van der Waals surface area contributed by atoms with Gasteiger partial charge < -0.3 is 10.1 Å². The Kier molecular flexibility index (Phi) is 8.53. The number of para-hydroxylation sites is 1. The SMILES string of the molecule is C[C@@H](C(=O)NCCOc1ccccc1C(C)(C)C)N(c1ccc(Cl)c(C(F)(F)F)c1)S(C)(=O)=O. The van der Waals surface area contributed by atoms with Gasteiger partial charge in [-0.3, -0.25) is 9.10 Å². The highest BCUT2D eigenvalue weighted by Crippen LogP contribution is 2.37. The molecule has 0 radical (unpaired) electrons. The van der Waals surface area contributed by atoms with Crippen molar-refractivity contribution in [3.05, 3.63) is 58.6 Å². The minimum Gasteiger partial charge on any atom is -0.491 e. The zero-order valence-electron chi connectivity index (χ0n) is 19.5. The number of halogens is 4. The number of amides is 1. The highest BCUT2D eigenvalue weighted by Gasteiger charge is 2.36. The molecule has 0 aliphatic carbocycles. The van der Waals surface area contributed by atoms with Crippen molar-refractivity contribution in [3.63, 3.8) is 0 Å². The van der Waals surface area contributed by atoms with Crippen molar-refractivity contribution >= 4 is 33.2 Å². The van der Waals surface area contributed by atoms with Crippen LogP contribution in [0, 0.1) is 0 Å². The van der Waals surface area contributed by atoms with Crippen molar-refractivity contribution in [3.8, 4) is 5.75 Å². The quantitative estimate of drug-likeness (QED) is 0.497. The maximum Gasteiger partial charge on any atom is 0.417 e. The lowest BCUT2D eigenvalue weighted by Crippen LogP contribution is -2.48. The molecule has 0 spiro atoms. The van der Waals surface area contributed by atoms with E-state index in [1.807, 2.05) is 45.0 Å². The molecule has 1 N–H and O–H groups in total. The van der Waals surface area contributed by atoms with E-state index in [0.29, 0.717) is 16.1 Å². The van der Waals surface area contributed by atoms with Gasteiger partial charge in [-0.15, -0.1) is 0 Å². The fraction of sp³-hybridized carbons (Fsp3) is 0.435. The Balaban J connectivity index is 2.14. The maximum atomic E-state index is 13.3. The van der Waals surface area contributed by atoms with E-state index in [0.717, 1.165) is 24.0 Å². The first kappa shape index (κ1) is 27.8. The monoisotopic (exact) mass is 520 g/mol. The summed E-state index contributed by atoms with van der Waals surface area (Å²) in [6.45, 7) is 7.59. The van der Waals surface area contributed by atoms with Crippen LogP contribution in [0.3, 0.4) is 0 Å². The number of hydrogen-bond acceptors (Lipinski definition) is 4. The second-order valence-corrected chi connectivity index (χ2v) is 11.0. The van der Waals surface area contributed by atoms with Crippen molar-refractivity contribution in [1.29, 1.82) is 0 Å². The van der Waals surface area contributed by atoms with Crippen LogP contribution in [0.15, 0.2) is 42.5 Å². The van der Waals surface area contributed by atoms with Gasteiger partial charge in [-0.25, -0.2) is 8.42 Å². The van der Waals surface area contributed by atoms with Crippen LogP contribution in [-0.2, 0) is 26.4 Å². The van der Waals surface area contributed by atoms with Gasteiger partial charge in [0.15, 0.2) is 0 Å². The molecular formula is C23H28ClF3N2O4S. The fourth-order valence-electron chi connectivity index (χ4n) is 3.37. The first-order valence-corrected chi connectivity index (χ1v) is 12.6. The molecule has 2 rings (SSSR count). The summed E-state index contributed by atoms with van der Waals surface area (Å²) in [6.07, 6.45) is -3.98. The first-order chi connectivity index (χ1) is 15.5. The van der Waals surface area contributed by atoms with Crippen molar-refractivity contribution in [2.24, 2.45) is 0 Å². The van der Waals surface area contributed by atoms with Gasteiger partial charge >= 0.3 is 6.18 Å². The molecule has 0 heterocycles. The number of carbonyl (C=O) groups excluding carboxylic acids is 1. The normalized spacial score (nSPS) is 13.3. The van der Waals surface area contributed by atoms with Crippen LogP contribution in [0.2, 0.25) is 5.02 Å². The third-order valence-electron chi connectivity index (χ3n) is 4.95. The van der Waals surface area contributed by atoms with E-state index in [4.69, 9.17) is 16.3 Å². The number of alkyl halides is 3. The van der Waals surface area contributed by atoms with Crippen molar-refractivity contribution in [1.82, 2.24) is 5.32 Å². The highest BCUT2D eigenvalue weighted by atomic mass is 35.5. The lowest BCUT2D eigenvalue weighted by molar-refractivity contribution is -0.137. The van der Waals surface area contributed by atoms with E-state index in [1.165, 1.54) is 6.92 Å². The average Bonchev–Trinajstić information content (AvgIpc) is 2.70. The Labute approximate surface area is 203 Å². The molecule has 11 heteroatoms. The molecule has 0 saturated carbocycles. The van der Waals surface area contributed by atoms with Crippen LogP contribution >= 0.6 is 11.6 Å². The van der Waals surface area contributed by atoms with E-state index in [1.54, 1.807) is 0 Å². The fourth-order valence-corrected chi connectivity index (χ4v) is 4.76. The summed E-state index contributed by atoms with van der Waals surface area (Å²) in [6, 6.07) is 8.85. The largest absolute Gasteiger partial charge is 0.491 e. The zero-order chi connectivity index (χ0) is 25.9. The van der Waals surface area contributed by atoms with E-state index in [9.17, 15) is 26.4 Å². The minimum atomic E-state index is -4.79. The molecule has 34 heavy (non-hydrogen) atoms. The van der Waals surface area contributed by atoms with Crippen LogP contribution in [0.25, 0.3) is 0 Å². The van der Waals surface area contributed by atoms with E-state index in [-0.39, 0.29) is 24.3 Å². The van der Waals surface area contributed by atoms with Gasteiger partial charge in [-0.05, 0) is 42.2 Å². The molecular weight excluding hydrogens is 493 g/mol. The first-order valence-electron chi connectivity index (χ1n) is 10.4. The van der Waals surface area contributed by atoms with E-state index < -0.39 is 38.7 Å². The third kappa shape index (κ3) is 7.02. The lowest BCUT2D eigenvalue weighted by Gasteiger charge is -2.29. The smallest absolute Gasteiger partial charge is 0.417 e. The Morgan fingerprint density at radius 2 is 1.74 bits per heavy atom. The molecule has 2 aromatic carbocycles. The topological polar surface area (TPSA) is 75.7 Å². The third-order valence-corrected chi connectivity index (χ3v) is 6.52. The molecule has 0 unspecified atom stereocenters. The van der Waals surface area contributed by atoms with Crippen LogP contribution in [0.1, 0.15) is 38.8 Å². The number of hydrogen-bond donors (Lipinski definition) is 1. The second-order valence-electron chi connectivity index (χ2n) is 8.78. The molecule has 0 fully saturated rings. The maximum absolute atomic E-state index is 13.3. The summed E-state index contributed by atoms with van der Waals surface area (Å²) in [5.41, 5.74) is -0.685. The van der Waals surface area contributed by atoms with Crippen LogP contribution in [-0.4, -0.2) is 39.8 Å². The molecule has 188 valence electrons. The second kappa shape index (κ2) is 10.4. The Morgan fingerprint density at radius 1 is 1.12 bits per heavy atom. The minimum absolute atomic E-state index is 0.0632. The van der Waals surface area contributed by atoms with Crippen LogP contribution in [0.4, 0.5) is 18.9 Å². The number of nitrogens with one attached hydrogen (secondary N) is 1. The van der Waals surface area contributed by atoms with Crippen molar-refractivity contribution < 1.29 is 31.1 Å². The number of benzene rings is 2. The predicted octanol–water partition coefficient (Wildman–Crippen LogP) is 5.01. The molecule has 0 aliphatic rings. The van der Waals surface area contributed by atoms with Gasteiger partial charge in [-0.2, -0.15) is 13.2 Å². The molecule has 0 saturated heterocycles. The molecule has 1 atom stereocenters. The summed E-state index contributed by atoms with van der Waals surface area (Å²) in [5, 5.41) is 2.00. The van der Waals surface area contributed by atoms with Crippen molar-refractivity contribution in [2.75, 3.05) is 23.7 Å². The lowest BCUT2D eigenvalue weighted by atomic mass is 9.86. The molecule has 1 amide bonds. The van der Waals surface area contributed by atoms with E-state index in [2.05, 4.69) is 5.32 Å². The van der Waals surface area contributed by atoms with Gasteiger partial charge in [0.2, 0.25) is 15.9 Å². The number of ether oxygens (including phenoxy) is 1. The molecule has 0 aliphatic heterocycles. The Bertz CT molecular complexity index is 1130. The number of anilines is 1. The predicted molar refractivity (Wildman–Crippen MR) is 127 cm³/mol. The van der Waals surface area contributed by atoms with Gasteiger partial charge in [0.05, 0.1) is 29.1 Å². The average molecular weight is 521 g/mol. The molecule has 0 bridgehead atoms. The van der Waals surface area contributed by atoms with Crippen LogP contribution < -0.4 is 14.4 Å². The Morgan fingerprint density at radius 3 is 2.29 bits per heavy atom. The summed E-state index contributed by atoms with van der Waals surface area (Å²) in [7, 11) is -4.10. The number of rotatable bonds is 8. The summed E-state index contributed by atoms with van der Waals surface area (Å²) in [5.74, 6) is -0.0301. The number of carbonyl (C=O) groups is 1. The standard InChI is InChI=1S/C23H28ClF3N2O4S/c1-15(21(30)28-12-13-33-20-9-7-6-8-17(20)22(2,3)4)29(34(5,31)32)16-10-11-19(24)18(14-16)23(25,26)27/h6-11,14-15H,12-13H2,1-5H3,(H,28,30)/t15-/m0/s1. The Hall–Kier alpha value is -2.46. The van der Waals surface area contributed by atoms with Gasteiger partial charge in [0, 0.05) is 0 Å². The summed E-state index contributed by atoms with van der Waals surface area (Å²) >= 11 is 5.63. The molecule has 0 aromatic heterocycles. The number of nitrogens with zero attached hydrogens (tertiary/aromatic N) is 1. The van der Waals surface area contributed by atoms with E-state index >= 15 is 0 Å². The summed E-state index contributed by atoms with van der Waals surface area (Å²) in [4.78, 5) is 12.7. The zero-order valence-corrected chi connectivity index (χ0v) is 21.1. The summed E-state index contributed by atoms with van der Waals surface area (Å²) < 4.78 is 70.9. The highest BCUT2D eigenvalue weighted by molar-refractivity contribution is 7.92. The van der Waals surface area contributed by atoms with Gasteiger partial charge in [0.25, 0.3) is 0 Å². The molecule has 6 nitrogen and oxygen atoms in total. The van der Waals surface area contributed by atoms with Crippen molar-refractivity contribution in [2.45, 2.75) is 45.3 Å². The van der Waals surface area contributed by atoms with Gasteiger partial charge in [-0.1, -0.05) is 50.6 Å². The van der Waals surface area contributed by atoms with Gasteiger partial charge in [0.1, 0.15) is 18.4 Å².